The zero-order chi connectivity index (χ0) is 17.6. The number of hydrogen-bond donors (Lipinski definition) is 1. The van der Waals surface area contributed by atoms with Crippen molar-refractivity contribution in [3.8, 4) is 0 Å². The number of nitrogens with zero attached hydrogens (tertiary/aromatic N) is 2. The second-order valence-electron chi connectivity index (χ2n) is 5.62. The second kappa shape index (κ2) is 8.60. The van der Waals surface area contributed by atoms with Gasteiger partial charge in [-0.15, -0.1) is 21.5 Å². The molecular weight excluding hydrogens is 370 g/mol. The van der Waals surface area contributed by atoms with Crippen LogP contribution in [0.15, 0.2) is 46.1 Å². The van der Waals surface area contributed by atoms with Crippen LogP contribution in [0.2, 0.25) is 0 Å². The molecule has 1 unspecified atom stereocenters. The molecule has 3 aromatic rings. The Bertz CT molecular complexity index is 812. The maximum atomic E-state index is 12.5. The molecule has 1 N–H and O–H groups in total. The van der Waals surface area contributed by atoms with Crippen molar-refractivity contribution in [3.05, 3.63) is 57.8 Å². The molecule has 7 heteroatoms. The molecule has 2 aromatic heterocycles. The fraction of sp³-hybridized carbons (Fsp3) is 0.278. The van der Waals surface area contributed by atoms with Crippen LogP contribution in [0, 0.1) is 6.92 Å². The summed E-state index contributed by atoms with van der Waals surface area (Å²) in [5, 5.41) is 14.3. The van der Waals surface area contributed by atoms with Crippen LogP contribution in [-0.4, -0.2) is 27.8 Å². The summed E-state index contributed by atoms with van der Waals surface area (Å²) in [6.07, 6.45) is 0.974. The van der Waals surface area contributed by atoms with Crippen molar-refractivity contribution in [1.29, 1.82) is 0 Å². The third-order valence-corrected chi connectivity index (χ3v) is 6.62. The van der Waals surface area contributed by atoms with Gasteiger partial charge in [-0.1, -0.05) is 59.0 Å². The Hall–Kier alpha value is -1.70. The number of carbonyl (C=O) groups is 1. The van der Waals surface area contributed by atoms with E-state index in [4.69, 9.17) is 0 Å². The van der Waals surface area contributed by atoms with E-state index in [0.717, 1.165) is 33.6 Å². The fourth-order valence-electron chi connectivity index (χ4n) is 2.23. The van der Waals surface area contributed by atoms with E-state index >= 15 is 0 Å². The van der Waals surface area contributed by atoms with Crippen molar-refractivity contribution in [2.24, 2.45) is 0 Å². The fourth-order valence-corrected chi connectivity index (χ4v) is 4.94. The van der Waals surface area contributed by atoms with Crippen LogP contribution in [0.1, 0.15) is 27.7 Å². The molecule has 0 amide bonds. The smallest absolute Gasteiger partial charge is 0.206 e. The first-order valence-corrected chi connectivity index (χ1v) is 10.6. The molecule has 0 saturated carbocycles. The Morgan fingerprint density at radius 1 is 1.24 bits per heavy atom. The lowest BCUT2D eigenvalue weighted by Gasteiger charge is -2.08. The summed E-state index contributed by atoms with van der Waals surface area (Å²) in [6.45, 7) is 4.76. The van der Waals surface area contributed by atoms with Gasteiger partial charge in [0, 0.05) is 17.0 Å². The third kappa shape index (κ3) is 5.14. The number of carbonyl (C=O) groups excluding carboxylic acids is 1. The molecule has 0 aliphatic heterocycles. The molecular formula is C18H19N3OS3. The van der Waals surface area contributed by atoms with Crippen molar-refractivity contribution in [3.63, 3.8) is 0 Å². The summed E-state index contributed by atoms with van der Waals surface area (Å²) in [7, 11) is 0. The van der Waals surface area contributed by atoms with Crippen LogP contribution in [0.25, 0.3) is 0 Å². The van der Waals surface area contributed by atoms with Crippen LogP contribution >= 0.6 is 34.4 Å². The van der Waals surface area contributed by atoms with E-state index in [9.17, 15) is 4.79 Å². The number of anilines is 1. The first kappa shape index (κ1) is 18.1. The largest absolute Gasteiger partial charge is 0.360 e. The first-order chi connectivity index (χ1) is 12.1. The average molecular weight is 390 g/mol. The topological polar surface area (TPSA) is 54.9 Å². The highest BCUT2D eigenvalue weighted by molar-refractivity contribution is 8.02. The lowest BCUT2D eigenvalue weighted by atomic mass is 10.1. The third-order valence-electron chi connectivity index (χ3n) is 3.62. The summed E-state index contributed by atoms with van der Waals surface area (Å²) in [5.41, 5.74) is 1.89. The molecule has 130 valence electrons. The van der Waals surface area contributed by atoms with Gasteiger partial charge in [0.15, 0.2) is 10.1 Å². The molecule has 0 spiro atoms. The Kier molecular flexibility index (Phi) is 6.23. The number of aryl methyl sites for hydroxylation is 1. The lowest BCUT2D eigenvalue weighted by Crippen LogP contribution is -2.13. The summed E-state index contributed by atoms with van der Waals surface area (Å²) in [6, 6.07) is 11.9. The number of thiophene rings is 1. The van der Waals surface area contributed by atoms with Gasteiger partial charge in [0.25, 0.3) is 0 Å². The molecule has 1 atom stereocenters. The number of Topliss-reactive ketones (excluding diaryl/α,β-unsaturated/α-hetero) is 1. The summed E-state index contributed by atoms with van der Waals surface area (Å²) < 4.78 is 0.812. The van der Waals surface area contributed by atoms with E-state index in [1.807, 2.05) is 38.1 Å². The van der Waals surface area contributed by atoms with Crippen LogP contribution in [0.5, 0.6) is 0 Å². The van der Waals surface area contributed by atoms with E-state index in [1.54, 1.807) is 11.3 Å². The zero-order valence-corrected chi connectivity index (χ0v) is 16.5. The molecule has 0 fully saturated rings. The standard InChI is InChI=1S/C18H19N3OS3/c1-12-5-7-14(8-6-12)16(22)13(2)24-18-21-20-17(25-18)19-10-9-15-4-3-11-23-15/h3-8,11,13H,9-10H2,1-2H3,(H,19,20). The van der Waals surface area contributed by atoms with Crippen LogP contribution in [0.3, 0.4) is 0 Å². The molecule has 2 heterocycles. The minimum absolute atomic E-state index is 0.118. The number of ketones is 1. The summed E-state index contributed by atoms with van der Waals surface area (Å²) >= 11 is 4.71. The van der Waals surface area contributed by atoms with Gasteiger partial charge in [0.05, 0.1) is 5.25 Å². The molecule has 0 aliphatic carbocycles. The number of thioether (sulfide) groups is 1. The van der Waals surface area contributed by atoms with E-state index in [1.165, 1.54) is 28.0 Å². The Balaban J connectivity index is 1.51. The van der Waals surface area contributed by atoms with Gasteiger partial charge in [-0.2, -0.15) is 0 Å². The van der Waals surface area contributed by atoms with Gasteiger partial charge in [-0.05, 0) is 31.7 Å². The van der Waals surface area contributed by atoms with E-state index in [0.29, 0.717) is 0 Å². The van der Waals surface area contributed by atoms with Crippen molar-refractivity contribution < 1.29 is 4.79 Å². The van der Waals surface area contributed by atoms with Crippen LogP contribution in [0.4, 0.5) is 5.13 Å². The molecule has 3 rings (SSSR count). The number of rotatable bonds is 8. The maximum absolute atomic E-state index is 12.5. The number of hydrogen-bond acceptors (Lipinski definition) is 7. The van der Waals surface area contributed by atoms with Crippen molar-refractivity contribution in [2.45, 2.75) is 29.9 Å². The SMILES string of the molecule is Cc1ccc(C(=O)C(C)Sc2nnc(NCCc3cccs3)s2)cc1. The summed E-state index contributed by atoms with van der Waals surface area (Å²) in [4.78, 5) is 13.8. The quantitative estimate of drug-likeness (QED) is 0.437. The highest BCUT2D eigenvalue weighted by Crippen LogP contribution is 2.30. The van der Waals surface area contributed by atoms with Gasteiger partial charge in [-0.25, -0.2) is 0 Å². The van der Waals surface area contributed by atoms with Crippen molar-refractivity contribution in [1.82, 2.24) is 10.2 Å². The maximum Gasteiger partial charge on any atom is 0.206 e. The van der Waals surface area contributed by atoms with E-state index < -0.39 is 0 Å². The summed E-state index contributed by atoms with van der Waals surface area (Å²) in [5.74, 6) is 0.118. The van der Waals surface area contributed by atoms with E-state index in [-0.39, 0.29) is 11.0 Å². The van der Waals surface area contributed by atoms with Gasteiger partial charge < -0.3 is 5.32 Å². The molecule has 1 aromatic carbocycles. The number of benzene rings is 1. The monoisotopic (exact) mass is 389 g/mol. The molecule has 0 bridgehead atoms. The number of nitrogens with one attached hydrogen (secondary N) is 1. The van der Waals surface area contributed by atoms with Gasteiger partial charge in [0.1, 0.15) is 0 Å². The molecule has 4 nitrogen and oxygen atoms in total. The highest BCUT2D eigenvalue weighted by atomic mass is 32.2. The number of aromatic nitrogens is 2. The predicted molar refractivity (Wildman–Crippen MR) is 107 cm³/mol. The molecule has 0 radical (unpaired) electrons. The highest BCUT2D eigenvalue weighted by Gasteiger charge is 2.18. The Morgan fingerprint density at radius 3 is 2.76 bits per heavy atom. The molecule has 25 heavy (non-hydrogen) atoms. The average Bonchev–Trinajstić information content (AvgIpc) is 3.27. The van der Waals surface area contributed by atoms with Crippen molar-refractivity contribution in [2.75, 3.05) is 11.9 Å². The Morgan fingerprint density at radius 2 is 2.04 bits per heavy atom. The second-order valence-corrected chi connectivity index (χ2v) is 9.22. The van der Waals surface area contributed by atoms with Crippen LogP contribution < -0.4 is 5.32 Å². The lowest BCUT2D eigenvalue weighted by molar-refractivity contribution is 0.0994. The van der Waals surface area contributed by atoms with Gasteiger partial charge in [-0.3, -0.25) is 4.79 Å². The van der Waals surface area contributed by atoms with Crippen LogP contribution in [-0.2, 0) is 6.42 Å². The Labute approximate surface area is 159 Å². The van der Waals surface area contributed by atoms with E-state index in [2.05, 4.69) is 33.0 Å². The predicted octanol–water partition coefficient (Wildman–Crippen LogP) is 4.93. The minimum Gasteiger partial charge on any atom is -0.360 e. The normalized spacial score (nSPS) is 12.1. The van der Waals surface area contributed by atoms with Gasteiger partial charge in [0.2, 0.25) is 5.13 Å². The van der Waals surface area contributed by atoms with Gasteiger partial charge >= 0.3 is 0 Å². The molecule has 0 aliphatic rings. The van der Waals surface area contributed by atoms with Crippen molar-refractivity contribution >= 4 is 45.4 Å². The minimum atomic E-state index is -0.186. The zero-order valence-electron chi connectivity index (χ0n) is 14.1. The first-order valence-electron chi connectivity index (χ1n) is 7.99. The molecule has 0 saturated heterocycles.